The number of anilines is 2. The van der Waals surface area contributed by atoms with Crippen LogP contribution in [0.4, 0.5) is 11.8 Å². The maximum atomic E-state index is 6.14. The number of nitrogens with two attached hydrogens (primary N) is 1. The topological polar surface area (TPSA) is 76.3 Å². The summed E-state index contributed by atoms with van der Waals surface area (Å²) >= 11 is 6.14. The van der Waals surface area contributed by atoms with Crippen molar-refractivity contribution in [3.63, 3.8) is 0 Å². The van der Waals surface area contributed by atoms with Gasteiger partial charge in [0.1, 0.15) is 5.02 Å². The molecule has 0 saturated carbocycles. The molecule has 1 aromatic rings. The third-order valence-corrected chi connectivity index (χ3v) is 3.20. The number of piperidine rings is 1. The van der Waals surface area contributed by atoms with Crippen molar-refractivity contribution in [1.82, 2.24) is 9.97 Å². The molecule has 1 atom stereocenters. The van der Waals surface area contributed by atoms with E-state index in [0.717, 1.165) is 32.5 Å². The van der Waals surface area contributed by atoms with Crippen LogP contribution in [-0.2, 0) is 4.74 Å². The molecule has 0 amide bonds. The van der Waals surface area contributed by atoms with Gasteiger partial charge in [-0.3, -0.25) is 5.43 Å². The molecular formula is C11H18ClN5O. The van der Waals surface area contributed by atoms with Crippen LogP contribution in [0.5, 0.6) is 0 Å². The predicted molar refractivity (Wildman–Crippen MR) is 71.7 cm³/mol. The summed E-state index contributed by atoms with van der Waals surface area (Å²) in [6.45, 7) is 4.46. The lowest BCUT2D eigenvalue weighted by atomic mass is 10.1. The second kappa shape index (κ2) is 6.17. The first-order chi connectivity index (χ1) is 8.74. The van der Waals surface area contributed by atoms with Crippen LogP contribution in [0.25, 0.3) is 0 Å². The molecule has 0 radical (unpaired) electrons. The van der Waals surface area contributed by atoms with Gasteiger partial charge in [0.2, 0.25) is 5.95 Å². The lowest BCUT2D eigenvalue weighted by Gasteiger charge is -2.33. The van der Waals surface area contributed by atoms with Crippen molar-refractivity contribution in [3.05, 3.63) is 11.2 Å². The number of nitrogens with one attached hydrogen (secondary N) is 1. The molecule has 1 fully saturated rings. The summed E-state index contributed by atoms with van der Waals surface area (Å²) in [6.07, 6.45) is 3.94. The van der Waals surface area contributed by atoms with Gasteiger partial charge in [-0.05, 0) is 19.8 Å². The molecule has 1 aliphatic rings. The Morgan fingerprint density at radius 2 is 2.50 bits per heavy atom. The molecule has 100 valence electrons. The van der Waals surface area contributed by atoms with Crippen molar-refractivity contribution in [2.24, 2.45) is 5.84 Å². The molecule has 1 aromatic heterocycles. The van der Waals surface area contributed by atoms with E-state index in [1.807, 2.05) is 6.92 Å². The molecule has 0 aromatic carbocycles. The monoisotopic (exact) mass is 271 g/mol. The van der Waals surface area contributed by atoms with E-state index in [1.165, 1.54) is 0 Å². The fraction of sp³-hybridized carbons (Fsp3) is 0.636. The van der Waals surface area contributed by atoms with E-state index >= 15 is 0 Å². The summed E-state index contributed by atoms with van der Waals surface area (Å²) in [5.74, 6) is 6.39. The second-order valence-corrected chi connectivity index (χ2v) is 4.58. The first kappa shape index (κ1) is 13.3. The molecule has 1 saturated heterocycles. The predicted octanol–water partition coefficient (Wildman–Crippen LogP) is 1.42. The third kappa shape index (κ3) is 3.01. The highest BCUT2D eigenvalue weighted by atomic mass is 35.5. The summed E-state index contributed by atoms with van der Waals surface area (Å²) in [4.78, 5) is 10.4. The quantitative estimate of drug-likeness (QED) is 0.637. The highest BCUT2D eigenvalue weighted by molar-refractivity contribution is 6.32. The minimum Gasteiger partial charge on any atom is -0.377 e. The van der Waals surface area contributed by atoms with Crippen LogP contribution < -0.4 is 16.2 Å². The lowest BCUT2D eigenvalue weighted by Crippen LogP contribution is -2.40. The van der Waals surface area contributed by atoms with E-state index in [2.05, 4.69) is 20.3 Å². The normalized spacial score (nSPS) is 19.9. The van der Waals surface area contributed by atoms with E-state index in [1.54, 1.807) is 6.20 Å². The van der Waals surface area contributed by atoms with E-state index in [-0.39, 0.29) is 6.10 Å². The Morgan fingerprint density at radius 1 is 1.67 bits per heavy atom. The van der Waals surface area contributed by atoms with Crippen molar-refractivity contribution < 1.29 is 4.74 Å². The minimum atomic E-state index is 0.240. The summed E-state index contributed by atoms with van der Waals surface area (Å²) in [5, 5.41) is 0.533. The summed E-state index contributed by atoms with van der Waals surface area (Å²) in [6, 6.07) is 0. The number of aromatic nitrogens is 2. The van der Waals surface area contributed by atoms with Gasteiger partial charge in [0.15, 0.2) is 5.82 Å². The Balaban J connectivity index is 2.14. The minimum absolute atomic E-state index is 0.240. The van der Waals surface area contributed by atoms with Crippen LogP contribution in [0.15, 0.2) is 6.20 Å². The third-order valence-electron chi connectivity index (χ3n) is 2.93. The molecule has 2 rings (SSSR count). The number of halogens is 1. The number of hydrogen-bond donors (Lipinski definition) is 2. The largest absolute Gasteiger partial charge is 0.377 e. The number of hydrazine groups is 1. The number of hydrogen-bond acceptors (Lipinski definition) is 6. The van der Waals surface area contributed by atoms with Crippen molar-refractivity contribution in [3.8, 4) is 0 Å². The Hall–Kier alpha value is -1.11. The summed E-state index contributed by atoms with van der Waals surface area (Å²) in [5.41, 5.74) is 2.43. The van der Waals surface area contributed by atoms with Crippen LogP contribution in [-0.4, -0.2) is 35.8 Å². The molecule has 0 aliphatic carbocycles. The van der Waals surface area contributed by atoms with Crippen LogP contribution >= 0.6 is 11.6 Å². The van der Waals surface area contributed by atoms with Crippen molar-refractivity contribution in [2.75, 3.05) is 30.0 Å². The highest BCUT2D eigenvalue weighted by Crippen LogP contribution is 2.27. The van der Waals surface area contributed by atoms with Crippen molar-refractivity contribution in [1.29, 1.82) is 0 Å². The zero-order valence-corrected chi connectivity index (χ0v) is 11.2. The van der Waals surface area contributed by atoms with E-state index < -0.39 is 0 Å². The number of nitrogen functional groups attached to an aromatic ring is 1. The number of ether oxygens (including phenoxy) is 1. The van der Waals surface area contributed by atoms with Gasteiger partial charge < -0.3 is 9.64 Å². The van der Waals surface area contributed by atoms with Gasteiger partial charge in [-0.1, -0.05) is 11.6 Å². The van der Waals surface area contributed by atoms with Gasteiger partial charge in [-0.15, -0.1) is 0 Å². The van der Waals surface area contributed by atoms with Gasteiger partial charge in [0.05, 0.1) is 12.3 Å². The molecule has 18 heavy (non-hydrogen) atoms. The smallest absolute Gasteiger partial charge is 0.239 e. The van der Waals surface area contributed by atoms with E-state index in [4.69, 9.17) is 22.2 Å². The van der Waals surface area contributed by atoms with Crippen LogP contribution in [0.2, 0.25) is 5.02 Å². The molecule has 1 aliphatic heterocycles. The van der Waals surface area contributed by atoms with Gasteiger partial charge in [0.25, 0.3) is 0 Å². The standard InChI is InChI=1S/C11H18ClN5O/c1-2-18-8-4-3-5-17(7-8)10-9(12)6-14-11(15-10)16-13/h6,8H,2-5,7,13H2,1H3,(H,14,15,16). The summed E-state index contributed by atoms with van der Waals surface area (Å²) < 4.78 is 5.66. The first-order valence-electron chi connectivity index (χ1n) is 6.10. The SMILES string of the molecule is CCOC1CCCN(c2nc(NN)ncc2Cl)C1. The Kier molecular flexibility index (Phi) is 4.57. The zero-order chi connectivity index (χ0) is 13.0. The molecule has 1 unspecified atom stereocenters. The Bertz CT molecular complexity index is 401. The lowest BCUT2D eigenvalue weighted by molar-refractivity contribution is 0.0525. The van der Waals surface area contributed by atoms with Crippen molar-refractivity contribution in [2.45, 2.75) is 25.9 Å². The second-order valence-electron chi connectivity index (χ2n) is 4.18. The number of rotatable bonds is 4. The van der Waals surface area contributed by atoms with E-state index in [9.17, 15) is 0 Å². The fourth-order valence-corrected chi connectivity index (χ4v) is 2.36. The maximum absolute atomic E-state index is 6.14. The molecule has 2 heterocycles. The Morgan fingerprint density at radius 3 is 3.22 bits per heavy atom. The summed E-state index contributed by atoms with van der Waals surface area (Å²) in [7, 11) is 0. The molecule has 0 bridgehead atoms. The number of nitrogens with zero attached hydrogens (tertiary/aromatic N) is 3. The van der Waals surface area contributed by atoms with Crippen LogP contribution in [0.1, 0.15) is 19.8 Å². The molecule has 3 N–H and O–H groups in total. The maximum Gasteiger partial charge on any atom is 0.239 e. The average Bonchev–Trinajstić information content (AvgIpc) is 2.40. The van der Waals surface area contributed by atoms with Crippen molar-refractivity contribution >= 4 is 23.4 Å². The van der Waals surface area contributed by atoms with E-state index in [0.29, 0.717) is 16.8 Å². The molecular weight excluding hydrogens is 254 g/mol. The molecule has 0 spiro atoms. The van der Waals surface area contributed by atoms with Gasteiger partial charge in [-0.2, -0.15) is 4.98 Å². The molecule has 7 heteroatoms. The average molecular weight is 272 g/mol. The first-order valence-corrected chi connectivity index (χ1v) is 6.48. The Labute approximate surface area is 111 Å². The highest BCUT2D eigenvalue weighted by Gasteiger charge is 2.23. The van der Waals surface area contributed by atoms with Gasteiger partial charge >= 0.3 is 0 Å². The molecule has 6 nitrogen and oxygen atoms in total. The van der Waals surface area contributed by atoms with Gasteiger partial charge in [-0.25, -0.2) is 10.8 Å². The zero-order valence-electron chi connectivity index (χ0n) is 10.4. The fourth-order valence-electron chi connectivity index (χ4n) is 2.15. The van der Waals surface area contributed by atoms with Crippen LogP contribution in [0, 0.1) is 0 Å². The van der Waals surface area contributed by atoms with Crippen LogP contribution in [0.3, 0.4) is 0 Å². The van der Waals surface area contributed by atoms with Gasteiger partial charge in [0, 0.05) is 19.7 Å².